The molecule has 2 heterocycles. The highest BCUT2D eigenvalue weighted by molar-refractivity contribution is 9.10. The summed E-state index contributed by atoms with van der Waals surface area (Å²) in [4.78, 5) is 19.3. The average molecular weight is 331 g/mol. The Labute approximate surface area is 123 Å². The van der Waals surface area contributed by atoms with Crippen molar-refractivity contribution < 1.29 is 4.42 Å². The summed E-state index contributed by atoms with van der Waals surface area (Å²) in [5, 5.41) is 0. The fraction of sp³-hybridized carbons (Fsp3) is 0.0667. The molecule has 0 saturated carbocycles. The minimum Gasteiger partial charge on any atom is -0.461 e. The molecule has 5 heteroatoms. The van der Waals surface area contributed by atoms with E-state index in [1.165, 1.54) is 0 Å². The predicted molar refractivity (Wildman–Crippen MR) is 80.4 cm³/mol. The molecule has 20 heavy (non-hydrogen) atoms. The number of aryl methyl sites for hydroxylation is 1. The van der Waals surface area contributed by atoms with E-state index in [1.807, 2.05) is 43.3 Å². The van der Waals surface area contributed by atoms with Crippen LogP contribution in [0.3, 0.4) is 0 Å². The molecule has 4 nitrogen and oxygen atoms in total. The molecule has 0 unspecified atom stereocenters. The van der Waals surface area contributed by atoms with Gasteiger partial charge in [-0.15, -0.1) is 0 Å². The number of benzene rings is 1. The van der Waals surface area contributed by atoms with Gasteiger partial charge in [0.15, 0.2) is 11.6 Å². The maximum absolute atomic E-state index is 12.1. The lowest BCUT2D eigenvalue weighted by Gasteiger charge is -2.06. The monoisotopic (exact) mass is 330 g/mol. The highest BCUT2D eigenvalue weighted by Crippen LogP contribution is 2.27. The maximum atomic E-state index is 12.1. The number of hydrogen-bond acceptors (Lipinski definition) is 3. The van der Waals surface area contributed by atoms with Gasteiger partial charge in [-0.05, 0) is 34.5 Å². The van der Waals surface area contributed by atoms with Crippen molar-refractivity contribution in [2.45, 2.75) is 6.92 Å². The molecule has 1 aromatic carbocycles. The van der Waals surface area contributed by atoms with Crippen LogP contribution in [0.1, 0.15) is 5.56 Å². The maximum Gasteiger partial charge on any atom is 0.266 e. The van der Waals surface area contributed by atoms with Crippen molar-refractivity contribution in [3.8, 4) is 22.8 Å². The topological polar surface area (TPSA) is 58.9 Å². The number of H-pyrrole nitrogens is 1. The Morgan fingerprint density at radius 3 is 2.60 bits per heavy atom. The first-order chi connectivity index (χ1) is 9.66. The van der Waals surface area contributed by atoms with Gasteiger partial charge >= 0.3 is 0 Å². The van der Waals surface area contributed by atoms with Crippen molar-refractivity contribution in [3.05, 3.63) is 63.1 Å². The fourth-order valence-corrected chi connectivity index (χ4v) is 2.39. The van der Waals surface area contributed by atoms with E-state index >= 15 is 0 Å². The number of furan rings is 1. The molecule has 0 aliphatic rings. The van der Waals surface area contributed by atoms with Crippen LogP contribution in [0.15, 0.2) is 56.3 Å². The zero-order valence-electron chi connectivity index (χ0n) is 10.7. The van der Waals surface area contributed by atoms with Gasteiger partial charge in [-0.2, -0.15) is 0 Å². The Morgan fingerprint density at radius 2 is 1.95 bits per heavy atom. The molecule has 1 N–H and O–H groups in total. The number of hydrogen-bond donors (Lipinski definition) is 1. The van der Waals surface area contributed by atoms with Crippen LogP contribution in [0.5, 0.6) is 0 Å². The van der Waals surface area contributed by atoms with Gasteiger partial charge in [0, 0.05) is 5.56 Å². The van der Waals surface area contributed by atoms with E-state index in [0.29, 0.717) is 21.8 Å². The summed E-state index contributed by atoms with van der Waals surface area (Å²) in [7, 11) is 0. The smallest absolute Gasteiger partial charge is 0.266 e. The lowest BCUT2D eigenvalue weighted by Crippen LogP contribution is -2.11. The molecule has 0 spiro atoms. The van der Waals surface area contributed by atoms with Gasteiger partial charge in [0.1, 0.15) is 4.47 Å². The molecule has 3 aromatic rings. The molecular formula is C15H11BrN2O2. The van der Waals surface area contributed by atoms with Gasteiger partial charge in [-0.3, -0.25) is 4.79 Å². The second kappa shape index (κ2) is 5.09. The summed E-state index contributed by atoms with van der Waals surface area (Å²) in [5.74, 6) is 1.01. The molecule has 0 aliphatic carbocycles. The van der Waals surface area contributed by atoms with Crippen molar-refractivity contribution in [1.29, 1.82) is 0 Å². The van der Waals surface area contributed by atoms with E-state index in [4.69, 9.17) is 4.42 Å². The first-order valence-electron chi connectivity index (χ1n) is 6.06. The lowest BCUT2D eigenvalue weighted by atomic mass is 10.1. The Balaban J connectivity index is 2.24. The summed E-state index contributed by atoms with van der Waals surface area (Å²) in [6.07, 6.45) is 1.58. The van der Waals surface area contributed by atoms with Gasteiger partial charge in [0.25, 0.3) is 5.56 Å². The summed E-state index contributed by atoms with van der Waals surface area (Å²) >= 11 is 3.30. The number of aromatic nitrogens is 2. The molecule has 0 bridgehead atoms. The van der Waals surface area contributed by atoms with Crippen molar-refractivity contribution in [3.63, 3.8) is 0 Å². The van der Waals surface area contributed by atoms with Crippen molar-refractivity contribution >= 4 is 15.9 Å². The van der Waals surface area contributed by atoms with Crippen LogP contribution in [-0.2, 0) is 0 Å². The molecular weight excluding hydrogens is 320 g/mol. The first-order valence-corrected chi connectivity index (χ1v) is 6.86. The van der Waals surface area contributed by atoms with E-state index in [0.717, 1.165) is 11.1 Å². The van der Waals surface area contributed by atoms with Crippen molar-refractivity contribution in [1.82, 2.24) is 9.97 Å². The summed E-state index contributed by atoms with van der Waals surface area (Å²) in [6.45, 7) is 1.91. The quantitative estimate of drug-likeness (QED) is 0.778. The molecule has 0 amide bonds. The van der Waals surface area contributed by atoms with Crippen LogP contribution in [0.25, 0.3) is 22.8 Å². The van der Waals surface area contributed by atoms with Crippen LogP contribution in [0.2, 0.25) is 0 Å². The zero-order valence-corrected chi connectivity index (χ0v) is 12.3. The third-order valence-corrected chi connectivity index (χ3v) is 3.72. The minimum atomic E-state index is -0.232. The molecule has 0 aliphatic heterocycles. The molecule has 0 radical (unpaired) electrons. The average Bonchev–Trinajstić information content (AvgIpc) is 2.89. The lowest BCUT2D eigenvalue weighted by molar-refractivity contribution is 0.575. The predicted octanol–water partition coefficient (Wildman–Crippen LogP) is 3.77. The Hall–Kier alpha value is -2.14. The molecule has 100 valence electrons. The van der Waals surface area contributed by atoms with E-state index in [1.54, 1.807) is 6.26 Å². The second-order valence-electron chi connectivity index (χ2n) is 4.38. The molecule has 0 saturated heterocycles. The minimum absolute atomic E-state index is 0.232. The largest absolute Gasteiger partial charge is 0.461 e. The highest BCUT2D eigenvalue weighted by Gasteiger charge is 2.15. The van der Waals surface area contributed by atoms with Crippen molar-refractivity contribution in [2.75, 3.05) is 0 Å². The number of nitrogens with zero attached hydrogens (tertiary/aromatic N) is 1. The molecule has 0 atom stereocenters. The zero-order chi connectivity index (χ0) is 14.1. The summed E-state index contributed by atoms with van der Waals surface area (Å²) < 4.78 is 5.80. The van der Waals surface area contributed by atoms with E-state index in [9.17, 15) is 4.79 Å². The van der Waals surface area contributed by atoms with Gasteiger partial charge < -0.3 is 9.40 Å². The third-order valence-electron chi connectivity index (χ3n) is 2.99. The van der Waals surface area contributed by atoms with E-state index in [2.05, 4.69) is 25.9 Å². The van der Waals surface area contributed by atoms with Crippen molar-refractivity contribution in [2.24, 2.45) is 0 Å². The Morgan fingerprint density at radius 1 is 1.20 bits per heavy atom. The number of rotatable bonds is 2. The second-order valence-corrected chi connectivity index (χ2v) is 5.17. The Bertz CT molecular complexity index is 806. The standard InChI is InChI=1S/C15H11BrN2O2/c1-9-7-8-20-13(9)14-17-12(11(16)15(19)18-14)10-5-3-2-4-6-10/h2-8H,1H3,(H,17,18,19). The van der Waals surface area contributed by atoms with Crippen LogP contribution >= 0.6 is 15.9 Å². The first kappa shape index (κ1) is 12.9. The molecule has 2 aromatic heterocycles. The highest BCUT2D eigenvalue weighted by atomic mass is 79.9. The van der Waals surface area contributed by atoms with E-state index < -0.39 is 0 Å². The van der Waals surface area contributed by atoms with Gasteiger partial charge in [0.2, 0.25) is 0 Å². The van der Waals surface area contributed by atoms with Gasteiger partial charge in [-0.1, -0.05) is 30.3 Å². The van der Waals surface area contributed by atoms with Crippen LogP contribution in [-0.4, -0.2) is 9.97 Å². The fourth-order valence-electron chi connectivity index (χ4n) is 1.97. The van der Waals surface area contributed by atoms with Crippen LogP contribution < -0.4 is 5.56 Å². The number of aromatic amines is 1. The van der Waals surface area contributed by atoms with Gasteiger partial charge in [0.05, 0.1) is 12.0 Å². The Kier molecular flexibility index (Phi) is 3.28. The number of halogens is 1. The number of nitrogens with one attached hydrogen (secondary N) is 1. The molecule has 0 fully saturated rings. The summed E-state index contributed by atoms with van der Waals surface area (Å²) in [5.41, 5.74) is 2.16. The van der Waals surface area contributed by atoms with Crippen LogP contribution in [0, 0.1) is 6.92 Å². The third kappa shape index (κ3) is 2.20. The van der Waals surface area contributed by atoms with E-state index in [-0.39, 0.29) is 5.56 Å². The molecule has 3 rings (SSSR count). The van der Waals surface area contributed by atoms with Gasteiger partial charge in [-0.25, -0.2) is 4.98 Å². The van der Waals surface area contributed by atoms with Crippen LogP contribution in [0.4, 0.5) is 0 Å². The summed E-state index contributed by atoms with van der Waals surface area (Å²) in [6, 6.07) is 11.4. The normalized spacial score (nSPS) is 10.7. The SMILES string of the molecule is Cc1ccoc1-c1nc(-c2ccccc2)c(Br)c(=O)[nH]1.